The van der Waals surface area contributed by atoms with E-state index in [9.17, 15) is 13.6 Å². The molecular formula is C13H6Br2ClF2NO. The number of hydrogen-bond donors (Lipinski definition) is 1. The van der Waals surface area contributed by atoms with Gasteiger partial charge in [0.2, 0.25) is 0 Å². The van der Waals surface area contributed by atoms with E-state index in [4.69, 9.17) is 11.6 Å². The van der Waals surface area contributed by atoms with Gasteiger partial charge < -0.3 is 5.32 Å². The van der Waals surface area contributed by atoms with E-state index < -0.39 is 17.5 Å². The molecule has 1 amide bonds. The molecule has 0 saturated carbocycles. The van der Waals surface area contributed by atoms with E-state index >= 15 is 0 Å². The molecule has 0 aromatic heterocycles. The largest absolute Gasteiger partial charge is 0.318 e. The molecule has 104 valence electrons. The number of nitrogens with one attached hydrogen (secondary N) is 1. The van der Waals surface area contributed by atoms with Crippen LogP contribution in [-0.4, -0.2) is 5.91 Å². The summed E-state index contributed by atoms with van der Waals surface area (Å²) in [5.74, 6) is -2.22. The van der Waals surface area contributed by atoms with Crippen LogP contribution < -0.4 is 5.32 Å². The Bertz CT molecular complexity index is 671. The van der Waals surface area contributed by atoms with E-state index in [1.165, 1.54) is 6.07 Å². The van der Waals surface area contributed by atoms with Gasteiger partial charge in [-0.15, -0.1) is 0 Å². The lowest BCUT2D eigenvalue weighted by atomic mass is 10.2. The van der Waals surface area contributed by atoms with Crippen molar-refractivity contribution in [2.24, 2.45) is 0 Å². The second-order valence-corrected chi connectivity index (χ2v) is 5.89. The zero-order valence-electron chi connectivity index (χ0n) is 9.68. The molecule has 0 saturated heterocycles. The highest BCUT2D eigenvalue weighted by Gasteiger charge is 2.17. The summed E-state index contributed by atoms with van der Waals surface area (Å²) in [6, 6.07) is 6.54. The van der Waals surface area contributed by atoms with Crippen LogP contribution in [0.25, 0.3) is 0 Å². The van der Waals surface area contributed by atoms with Crippen LogP contribution in [0, 0.1) is 11.6 Å². The average molecular weight is 425 g/mol. The SMILES string of the molecule is O=C(Nc1c(F)cc(F)cc1Br)c1cccc(Br)c1Cl. The fraction of sp³-hybridized carbons (Fsp3) is 0. The van der Waals surface area contributed by atoms with Gasteiger partial charge in [-0.1, -0.05) is 17.7 Å². The van der Waals surface area contributed by atoms with Crippen LogP contribution in [0.4, 0.5) is 14.5 Å². The Hall–Kier alpha value is -0.980. The molecule has 0 aliphatic rings. The Balaban J connectivity index is 2.36. The van der Waals surface area contributed by atoms with E-state index in [2.05, 4.69) is 37.2 Å². The number of benzene rings is 2. The van der Waals surface area contributed by atoms with Crippen molar-refractivity contribution in [2.45, 2.75) is 0 Å². The fourth-order valence-electron chi connectivity index (χ4n) is 1.52. The smallest absolute Gasteiger partial charge is 0.257 e. The maximum atomic E-state index is 13.6. The summed E-state index contributed by atoms with van der Waals surface area (Å²) in [7, 11) is 0. The highest BCUT2D eigenvalue weighted by atomic mass is 79.9. The monoisotopic (exact) mass is 423 g/mol. The molecule has 0 aliphatic carbocycles. The van der Waals surface area contributed by atoms with E-state index in [0.717, 1.165) is 6.07 Å². The first kappa shape index (κ1) is 15.4. The topological polar surface area (TPSA) is 29.1 Å². The first-order valence-corrected chi connectivity index (χ1v) is 7.26. The molecule has 2 aromatic rings. The minimum absolute atomic E-state index is 0.106. The Labute approximate surface area is 135 Å². The molecule has 20 heavy (non-hydrogen) atoms. The van der Waals surface area contributed by atoms with E-state index in [-0.39, 0.29) is 20.7 Å². The lowest BCUT2D eigenvalue weighted by molar-refractivity contribution is 0.102. The van der Waals surface area contributed by atoms with Gasteiger partial charge in [-0.05, 0) is 50.1 Å². The predicted molar refractivity (Wildman–Crippen MR) is 81.2 cm³/mol. The Morgan fingerprint density at radius 1 is 1.15 bits per heavy atom. The minimum atomic E-state index is -0.878. The van der Waals surface area contributed by atoms with E-state index in [1.54, 1.807) is 12.1 Å². The number of amides is 1. The van der Waals surface area contributed by atoms with Gasteiger partial charge in [-0.2, -0.15) is 0 Å². The van der Waals surface area contributed by atoms with Crippen molar-refractivity contribution in [1.82, 2.24) is 0 Å². The zero-order valence-corrected chi connectivity index (χ0v) is 13.6. The molecule has 0 atom stereocenters. The zero-order chi connectivity index (χ0) is 14.9. The average Bonchev–Trinajstić information content (AvgIpc) is 2.36. The first-order valence-electron chi connectivity index (χ1n) is 5.30. The van der Waals surface area contributed by atoms with Gasteiger partial charge in [-0.3, -0.25) is 4.79 Å². The number of halogens is 5. The van der Waals surface area contributed by atoms with Gasteiger partial charge in [0.05, 0.1) is 16.3 Å². The molecule has 0 aliphatic heterocycles. The number of carbonyl (C=O) groups excluding carboxylic acids is 1. The lowest BCUT2D eigenvalue weighted by Gasteiger charge is -2.10. The Morgan fingerprint density at radius 2 is 1.85 bits per heavy atom. The van der Waals surface area contributed by atoms with Crippen LogP contribution >= 0.6 is 43.5 Å². The van der Waals surface area contributed by atoms with Crippen molar-refractivity contribution >= 4 is 55.1 Å². The first-order chi connectivity index (χ1) is 9.40. The second-order valence-electron chi connectivity index (χ2n) is 3.80. The fourth-order valence-corrected chi connectivity index (χ4v) is 2.61. The maximum Gasteiger partial charge on any atom is 0.257 e. The standard InChI is InChI=1S/C13H6Br2ClF2NO/c14-8-3-1-2-7(11(8)16)13(20)19-12-9(15)4-6(17)5-10(12)18/h1-5H,(H,19,20). The second kappa shape index (κ2) is 6.20. The van der Waals surface area contributed by atoms with Gasteiger partial charge in [-0.25, -0.2) is 8.78 Å². The van der Waals surface area contributed by atoms with Crippen molar-refractivity contribution in [3.05, 3.63) is 61.5 Å². The summed E-state index contributed by atoms with van der Waals surface area (Å²) >= 11 is 12.2. The molecule has 0 radical (unpaired) electrons. The number of anilines is 1. The minimum Gasteiger partial charge on any atom is -0.318 e. The molecule has 1 N–H and O–H groups in total. The molecule has 0 spiro atoms. The third-order valence-corrected chi connectivity index (χ3v) is 4.36. The predicted octanol–water partition coefficient (Wildman–Crippen LogP) is 5.40. The molecule has 2 aromatic carbocycles. The summed E-state index contributed by atoms with van der Waals surface area (Å²) in [5, 5.41) is 2.57. The van der Waals surface area contributed by atoms with Crippen LogP contribution in [0.2, 0.25) is 5.02 Å². The normalized spacial score (nSPS) is 10.4. The Morgan fingerprint density at radius 3 is 2.50 bits per heavy atom. The van der Waals surface area contributed by atoms with Crippen LogP contribution in [0.3, 0.4) is 0 Å². The maximum absolute atomic E-state index is 13.6. The van der Waals surface area contributed by atoms with Gasteiger partial charge in [0.15, 0.2) is 5.82 Å². The van der Waals surface area contributed by atoms with Gasteiger partial charge in [0, 0.05) is 15.0 Å². The van der Waals surface area contributed by atoms with Gasteiger partial charge in [0.25, 0.3) is 5.91 Å². The van der Waals surface area contributed by atoms with Crippen molar-refractivity contribution in [1.29, 1.82) is 0 Å². The highest BCUT2D eigenvalue weighted by molar-refractivity contribution is 9.11. The molecule has 2 rings (SSSR count). The van der Waals surface area contributed by atoms with E-state index in [0.29, 0.717) is 10.5 Å². The quantitative estimate of drug-likeness (QED) is 0.686. The van der Waals surface area contributed by atoms with Crippen molar-refractivity contribution in [2.75, 3.05) is 5.32 Å². The van der Waals surface area contributed by atoms with Gasteiger partial charge in [0.1, 0.15) is 5.82 Å². The van der Waals surface area contributed by atoms with Crippen LogP contribution in [-0.2, 0) is 0 Å². The summed E-state index contributed by atoms with van der Waals surface area (Å²) < 4.78 is 27.3. The molecule has 0 fully saturated rings. The molecule has 7 heteroatoms. The summed E-state index contributed by atoms with van der Waals surface area (Å²) in [6.45, 7) is 0. The Kier molecular flexibility index (Phi) is 4.78. The number of carbonyl (C=O) groups is 1. The molecular weight excluding hydrogens is 419 g/mol. The lowest BCUT2D eigenvalue weighted by Crippen LogP contribution is -2.14. The third-order valence-electron chi connectivity index (χ3n) is 2.44. The van der Waals surface area contributed by atoms with Crippen LogP contribution in [0.1, 0.15) is 10.4 Å². The summed E-state index contributed by atoms with van der Waals surface area (Å²) in [6.07, 6.45) is 0. The number of rotatable bonds is 2. The summed E-state index contributed by atoms with van der Waals surface area (Å²) in [5.41, 5.74) is 0.0316. The van der Waals surface area contributed by atoms with Crippen LogP contribution in [0.15, 0.2) is 39.3 Å². The van der Waals surface area contributed by atoms with Crippen LogP contribution in [0.5, 0.6) is 0 Å². The molecule has 0 unspecified atom stereocenters. The highest BCUT2D eigenvalue weighted by Crippen LogP contribution is 2.30. The molecule has 0 heterocycles. The molecule has 0 bridgehead atoms. The van der Waals surface area contributed by atoms with E-state index in [1.807, 2.05) is 0 Å². The van der Waals surface area contributed by atoms with Crippen molar-refractivity contribution in [3.8, 4) is 0 Å². The molecule has 2 nitrogen and oxygen atoms in total. The van der Waals surface area contributed by atoms with Gasteiger partial charge >= 0.3 is 0 Å². The third kappa shape index (κ3) is 3.19. The number of hydrogen-bond acceptors (Lipinski definition) is 1. The summed E-state index contributed by atoms with van der Waals surface area (Å²) in [4.78, 5) is 12.1. The van der Waals surface area contributed by atoms with Crippen molar-refractivity contribution in [3.63, 3.8) is 0 Å². The van der Waals surface area contributed by atoms with Crippen molar-refractivity contribution < 1.29 is 13.6 Å².